The van der Waals surface area contributed by atoms with E-state index in [0.717, 1.165) is 36.8 Å². The number of ether oxygens (including phenoxy) is 2. The first-order valence-electron chi connectivity index (χ1n) is 9.11. The molecule has 0 aromatic heterocycles. The Morgan fingerprint density at radius 3 is 2.38 bits per heavy atom. The minimum atomic E-state index is 0.692. The van der Waals surface area contributed by atoms with Crippen molar-refractivity contribution in [3.63, 3.8) is 0 Å². The fourth-order valence-corrected chi connectivity index (χ4v) is 3.13. The Hall–Kier alpha value is -1.41. The van der Waals surface area contributed by atoms with E-state index in [1.54, 1.807) is 0 Å². The fraction of sp³-hybridized carbons (Fsp3) is 0.524. The van der Waals surface area contributed by atoms with Crippen molar-refractivity contribution in [3.05, 3.63) is 35.9 Å². The molecule has 0 bridgehead atoms. The Kier molecular flexibility index (Phi) is 8.24. The van der Waals surface area contributed by atoms with Gasteiger partial charge in [-0.3, -0.25) is 0 Å². The molecule has 0 spiro atoms. The summed E-state index contributed by atoms with van der Waals surface area (Å²) in [5.74, 6) is 2.71. The van der Waals surface area contributed by atoms with E-state index in [0.29, 0.717) is 6.61 Å². The lowest BCUT2D eigenvalue weighted by molar-refractivity contribution is 0.303. The van der Waals surface area contributed by atoms with Gasteiger partial charge in [0.25, 0.3) is 0 Å². The first-order chi connectivity index (χ1) is 11.8. The lowest BCUT2D eigenvalue weighted by atomic mass is 10.0. The zero-order valence-electron chi connectivity index (χ0n) is 14.9. The summed E-state index contributed by atoms with van der Waals surface area (Å²) in [6, 6.07) is 10.4. The largest absolute Gasteiger partial charge is 0.494 e. The molecule has 2 nitrogen and oxygen atoms in total. The van der Waals surface area contributed by atoms with Crippen LogP contribution in [0, 0.1) is 6.92 Å². The third kappa shape index (κ3) is 5.59. The van der Waals surface area contributed by atoms with E-state index in [9.17, 15) is 0 Å². The molecule has 0 unspecified atom stereocenters. The van der Waals surface area contributed by atoms with Gasteiger partial charge in [-0.05, 0) is 61.2 Å². The smallest absolute Gasteiger partial charge is 0.122 e. The average Bonchev–Trinajstić information content (AvgIpc) is 2.59. The van der Waals surface area contributed by atoms with Crippen LogP contribution in [0.25, 0.3) is 10.8 Å². The predicted molar refractivity (Wildman–Crippen MR) is 104 cm³/mol. The lowest BCUT2D eigenvalue weighted by Gasteiger charge is -2.12. The molecule has 0 aliphatic rings. The summed E-state index contributed by atoms with van der Waals surface area (Å²) in [5, 5.41) is 2.43. The van der Waals surface area contributed by atoms with Crippen molar-refractivity contribution in [2.45, 2.75) is 52.4 Å². The number of hydrogen-bond donors (Lipinski definition) is 0. The van der Waals surface area contributed by atoms with Crippen LogP contribution >= 0.6 is 11.6 Å². The Labute approximate surface area is 151 Å². The molecule has 2 aromatic carbocycles. The molecule has 24 heavy (non-hydrogen) atoms. The summed E-state index contributed by atoms with van der Waals surface area (Å²) in [4.78, 5) is 0. The maximum absolute atomic E-state index is 6.00. The number of hydrogen-bond acceptors (Lipinski definition) is 2. The number of alkyl halides is 1. The summed E-state index contributed by atoms with van der Waals surface area (Å²) in [6.07, 6.45) is 7.28. The molecule has 0 saturated heterocycles. The quantitative estimate of drug-likeness (QED) is 0.340. The van der Waals surface area contributed by atoms with Gasteiger partial charge in [-0.25, -0.2) is 0 Å². The van der Waals surface area contributed by atoms with E-state index < -0.39 is 0 Å². The highest BCUT2D eigenvalue weighted by Crippen LogP contribution is 2.30. The number of unbranched alkanes of at least 4 members (excludes halogenated alkanes) is 5. The van der Waals surface area contributed by atoms with Crippen LogP contribution in [-0.2, 0) is 0 Å². The van der Waals surface area contributed by atoms with E-state index in [-0.39, 0.29) is 0 Å². The van der Waals surface area contributed by atoms with Gasteiger partial charge in [-0.1, -0.05) is 37.8 Å². The molecular formula is C21H29ClO2. The molecule has 3 heteroatoms. The van der Waals surface area contributed by atoms with Crippen molar-refractivity contribution in [1.29, 1.82) is 0 Å². The molecule has 0 aliphatic heterocycles. The maximum Gasteiger partial charge on any atom is 0.122 e. The average molecular weight is 349 g/mol. The van der Waals surface area contributed by atoms with Crippen molar-refractivity contribution in [2.75, 3.05) is 19.1 Å². The Balaban J connectivity index is 1.84. The second-order valence-electron chi connectivity index (χ2n) is 6.16. The molecule has 0 heterocycles. The van der Waals surface area contributed by atoms with Crippen LogP contribution in [0.3, 0.4) is 0 Å². The van der Waals surface area contributed by atoms with Gasteiger partial charge in [0.1, 0.15) is 11.5 Å². The van der Waals surface area contributed by atoms with Gasteiger partial charge in [0.15, 0.2) is 0 Å². The third-order valence-corrected chi connectivity index (χ3v) is 4.57. The molecule has 0 N–H and O–H groups in total. The highest BCUT2D eigenvalue weighted by Gasteiger charge is 2.06. The van der Waals surface area contributed by atoms with Crippen LogP contribution in [0.2, 0.25) is 0 Å². The van der Waals surface area contributed by atoms with Gasteiger partial charge in [-0.15, -0.1) is 11.6 Å². The predicted octanol–water partition coefficient (Wildman–Crippen LogP) is 6.51. The fourth-order valence-electron chi connectivity index (χ4n) is 2.94. The van der Waals surface area contributed by atoms with E-state index in [1.165, 1.54) is 42.0 Å². The van der Waals surface area contributed by atoms with E-state index >= 15 is 0 Å². The van der Waals surface area contributed by atoms with Crippen molar-refractivity contribution < 1.29 is 9.47 Å². The zero-order chi connectivity index (χ0) is 17.2. The van der Waals surface area contributed by atoms with Crippen LogP contribution in [0.1, 0.15) is 51.0 Å². The summed E-state index contributed by atoms with van der Waals surface area (Å²) in [5.41, 5.74) is 1.21. The van der Waals surface area contributed by atoms with Crippen LogP contribution < -0.4 is 9.47 Å². The highest BCUT2D eigenvalue weighted by atomic mass is 35.5. The molecule has 0 saturated carbocycles. The van der Waals surface area contributed by atoms with E-state index in [4.69, 9.17) is 21.1 Å². The van der Waals surface area contributed by atoms with Crippen LogP contribution in [-0.4, -0.2) is 19.1 Å². The second kappa shape index (κ2) is 10.5. The Bertz CT molecular complexity index is 625. The summed E-state index contributed by atoms with van der Waals surface area (Å²) in [6.45, 7) is 5.62. The molecule has 132 valence electrons. The third-order valence-electron chi connectivity index (χ3n) is 4.31. The molecular weight excluding hydrogens is 320 g/mol. The lowest BCUT2D eigenvalue weighted by Crippen LogP contribution is -1.99. The van der Waals surface area contributed by atoms with Gasteiger partial charge in [0.2, 0.25) is 0 Å². The van der Waals surface area contributed by atoms with Crippen molar-refractivity contribution in [2.24, 2.45) is 0 Å². The van der Waals surface area contributed by atoms with E-state index in [2.05, 4.69) is 31.2 Å². The monoisotopic (exact) mass is 348 g/mol. The maximum atomic E-state index is 6.00. The topological polar surface area (TPSA) is 18.5 Å². The van der Waals surface area contributed by atoms with Gasteiger partial charge in [0.05, 0.1) is 13.2 Å². The molecule has 0 amide bonds. The van der Waals surface area contributed by atoms with Gasteiger partial charge < -0.3 is 9.47 Å². The second-order valence-corrected chi connectivity index (χ2v) is 6.54. The summed E-state index contributed by atoms with van der Waals surface area (Å²) < 4.78 is 11.6. The minimum absolute atomic E-state index is 0.692. The molecule has 2 rings (SSSR count). The Morgan fingerprint density at radius 1 is 0.875 bits per heavy atom. The number of benzene rings is 2. The van der Waals surface area contributed by atoms with Crippen LogP contribution in [0.15, 0.2) is 30.3 Å². The number of aryl methyl sites for hydroxylation is 1. The summed E-state index contributed by atoms with van der Waals surface area (Å²) in [7, 11) is 0. The molecule has 0 aliphatic carbocycles. The SMILES string of the molecule is CCOc1ccc2c(C)c(OCCCCCCCCCl)ccc2c1. The van der Waals surface area contributed by atoms with Crippen molar-refractivity contribution in [1.82, 2.24) is 0 Å². The highest BCUT2D eigenvalue weighted by molar-refractivity contribution is 6.17. The number of rotatable bonds is 11. The van der Waals surface area contributed by atoms with Crippen molar-refractivity contribution in [3.8, 4) is 11.5 Å². The minimum Gasteiger partial charge on any atom is -0.494 e. The summed E-state index contributed by atoms with van der Waals surface area (Å²) >= 11 is 5.69. The van der Waals surface area contributed by atoms with Crippen LogP contribution in [0.5, 0.6) is 11.5 Å². The molecule has 2 aromatic rings. The molecule has 0 atom stereocenters. The van der Waals surface area contributed by atoms with Crippen molar-refractivity contribution >= 4 is 22.4 Å². The Morgan fingerprint density at radius 2 is 1.62 bits per heavy atom. The van der Waals surface area contributed by atoms with Gasteiger partial charge >= 0.3 is 0 Å². The number of halogens is 1. The van der Waals surface area contributed by atoms with Crippen LogP contribution in [0.4, 0.5) is 0 Å². The first-order valence-corrected chi connectivity index (χ1v) is 9.64. The normalized spacial score (nSPS) is 11.0. The van der Waals surface area contributed by atoms with E-state index in [1.807, 2.05) is 13.0 Å². The van der Waals surface area contributed by atoms with Gasteiger partial charge in [0, 0.05) is 5.88 Å². The molecule has 0 radical (unpaired) electrons. The molecule has 0 fully saturated rings. The zero-order valence-corrected chi connectivity index (χ0v) is 15.7. The number of fused-ring (bicyclic) bond motifs is 1. The van der Waals surface area contributed by atoms with Gasteiger partial charge in [-0.2, -0.15) is 0 Å². The first kappa shape index (κ1) is 18.9. The standard InChI is InChI=1S/C21H29ClO2/c1-3-23-19-11-12-20-17(2)21(13-10-18(20)16-19)24-15-9-7-5-4-6-8-14-22/h10-13,16H,3-9,14-15H2,1-2H3.